The molecule has 1 atom stereocenters. The Morgan fingerprint density at radius 2 is 2.00 bits per heavy atom. The van der Waals surface area contributed by atoms with Gasteiger partial charge < -0.3 is 14.6 Å². The fraction of sp³-hybridized carbons (Fsp3) is 0.400. The first kappa shape index (κ1) is 22.1. The molecule has 6 heteroatoms. The van der Waals surface area contributed by atoms with E-state index in [4.69, 9.17) is 4.74 Å². The highest BCUT2D eigenvalue weighted by Crippen LogP contribution is 2.24. The molecule has 1 N–H and O–H groups in total. The maximum Gasteiger partial charge on any atom is 0.255 e. The molecule has 1 aliphatic heterocycles. The lowest BCUT2D eigenvalue weighted by Crippen LogP contribution is -2.44. The van der Waals surface area contributed by atoms with Gasteiger partial charge in [-0.2, -0.15) is 0 Å². The molecule has 1 aliphatic rings. The van der Waals surface area contributed by atoms with Crippen LogP contribution in [0.1, 0.15) is 32.3 Å². The van der Waals surface area contributed by atoms with Crippen molar-refractivity contribution in [3.63, 3.8) is 0 Å². The first-order valence-corrected chi connectivity index (χ1v) is 11.8. The fourth-order valence-corrected chi connectivity index (χ4v) is 5.04. The molecule has 4 rings (SSSR count). The van der Waals surface area contributed by atoms with E-state index in [1.165, 1.54) is 12.1 Å². The van der Waals surface area contributed by atoms with Gasteiger partial charge in [-0.15, -0.1) is 11.8 Å². The molecule has 0 unspecified atom stereocenters. The molecule has 31 heavy (non-hydrogen) atoms. The van der Waals surface area contributed by atoms with Gasteiger partial charge in [0.15, 0.2) is 0 Å². The third-order valence-corrected chi connectivity index (χ3v) is 6.73. The van der Waals surface area contributed by atoms with Gasteiger partial charge in [0, 0.05) is 42.0 Å². The van der Waals surface area contributed by atoms with Gasteiger partial charge in [0.25, 0.3) is 5.56 Å². The van der Waals surface area contributed by atoms with Crippen molar-refractivity contribution in [2.75, 3.05) is 12.4 Å². The molecular weight excluding hydrogens is 411 g/mol. The molecule has 0 bridgehead atoms. The van der Waals surface area contributed by atoms with Crippen molar-refractivity contribution < 1.29 is 9.13 Å². The lowest BCUT2D eigenvalue weighted by Gasteiger charge is -2.36. The minimum absolute atomic E-state index is 0.0504. The second kappa shape index (κ2) is 9.55. The summed E-state index contributed by atoms with van der Waals surface area (Å²) in [6, 6.07) is 17.0. The summed E-state index contributed by atoms with van der Waals surface area (Å²) in [5.74, 6) is 0.410. The number of aryl methyl sites for hydroxylation is 1. The molecule has 0 radical (unpaired) electrons. The number of hydrogen-bond acceptors (Lipinski definition) is 4. The molecule has 164 valence electrons. The molecule has 3 aromatic rings. The van der Waals surface area contributed by atoms with Crippen molar-refractivity contribution in [2.45, 2.75) is 56.3 Å². The third-order valence-electron chi connectivity index (χ3n) is 5.74. The molecule has 4 nitrogen and oxygen atoms in total. The van der Waals surface area contributed by atoms with Crippen molar-refractivity contribution in [2.24, 2.45) is 0 Å². The molecule has 0 aliphatic carbocycles. The van der Waals surface area contributed by atoms with Gasteiger partial charge >= 0.3 is 0 Å². The molecular formula is C25H29FN2O2S. The molecule has 2 aromatic carbocycles. The zero-order valence-electron chi connectivity index (χ0n) is 18.1. The molecule has 0 amide bonds. The highest BCUT2D eigenvalue weighted by Gasteiger charge is 2.28. The van der Waals surface area contributed by atoms with E-state index in [9.17, 15) is 9.18 Å². The van der Waals surface area contributed by atoms with Crippen LogP contribution in [0.4, 0.5) is 4.39 Å². The smallest absolute Gasteiger partial charge is 0.255 e. The first-order valence-electron chi connectivity index (χ1n) is 10.8. The minimum atomic E-state index is -0.327. The molecule has 0 saturated carbocycles. The maximum atomic E-state index is 14.0. The van der Waals surface area contributed by atoms with Gasteiger partial charge in [-0.05, 0) is 68.5 Å². The Balaban J connectivity index is 1.55. The van der Waals surface area contributed by atoms with Gasteiger partial charge in [-0.1, -0.05) is 18.2 Å². The van der Waals surface area contributed by atoms with Crippen molar-refractivity contribution in [3.05, 3.63) is 76.3 Å². The number of benzene rings is 2. The Labute approximate surface area is 186 Å². The summed E-state index contributed by atoms with van der Waals surface area (Å²) < 4.78 is 21.5. The number of aromatic nitrogens is 1. The summed E-state index contributed by atoms with van der Waals surface area (Å²) in [6.45, 7) is 5.95. The molecule has 1 aromatic heterocycles. The minimum Gasteiger partial charge on any atom is -0.375 e. The Bertz CT molecular complexity index is 1100. The summed E-state index contributed by atoms with van der Waals surface area (Å²) >= 11 is 1.70. The van der Waals surface area contributed by atoms with Crippen LogP contribution in [0.15, 0.2) is 64.3 Å². The standard InChI is InChI=1S/C25H29FN2O2S/c1-25(2)16-21(10-12-30-25)27-17-19-14-18-8-9-20(26)15-23(18)28(24(19)29)11-13-31-22-6-4-3-5-7-22/h3-9,14-15,21,27H,10-13,16-17H2,1-2H3/t21-/m0/s1. The normalized spacial score (nSPS) is 18.4. The van der Waals surface area contributed by atoms with E-state index in [1.54, 1.807) is 22.4 Å². The Hall–Kier alpha value is -2.15. The Morgan fingerprint density at radius 1 is 1.19 bits per heavy atom. The summed E-state index contributed by atoms with van der Waals surface area (Å²) in [4.78, 5) is 14.5. The average Bonchev–Trinajstić information content (AvgIpc) is 2.74. The fourth-order valence-electron chi connectivity index (χ4n) is 4.19. The van der Waals surface area contributed by atoms with Gasteiger partial charge in [0.05, 0.1) is 11.1 Å². The topological polar surface area (TPSA) is 43.3 Å². The van der Waals surface area contributed by atoms with Crippen LogP contribution in [-0.4, -0.2) is 28.6 Å². The predicted molar refractivity (Wildman–Crippen MR) is 125 cm³/mol. The number of halogens is 1. The first-order chi connectivity index (χ1) is 14.9. The third kappa shape index (κ3) is 5.56. The highest BCUT2D eigenvalue weighted by molar-refractivity contribution is 7.99. The van der Waals surface area contributed by atoms with Crippen LogP contribution in [0.25, 0.3) is 10.9 Å². The van der Waals surface area contributed by atoms with Crippen molar-refractivity contribution in [1.29, 1.82) is 0 Å². The van der Waals surface area contributed by atoms with E-state index in [-0.39, 0.29) is 17.0 Å². The van der Waals surface area contributed by atoms with Crippen LogP contribution < -0.4 is 10.9 Å². The number of pyridine rings is 1. The SMILES string of the molecule is CC1(C)C[C@@H](NCc2cc3ccc(F)cc3n(CCSc3ccccc3)c2=O)CCO1. The second-order valence-electron chi connectivity index (χ2n) is 8.67. The van der Waals surface area contributed by atoms with E-state index >= 15 is 0 Å². The Morgan fingerprint density at radius 3 is 2.77 bits per heavy atom. The number of nitrogens with one attached hydrogen (secondary N) is 1. The summed E-state index contributed by atoms with van der Waals surface area (Å²) in [5, 5.41) is 4.43. The largest absolute Gasteiger partial charge is 0.375 e. The van der Waals surface area contributed by atoms with Crippen molar-refractivity contribution in [1.82, 2.24) is 9.88 Å². The summed E-state index contributed by atoms with van der Waals surface area (Å²) in [6.07, 6.45) is 1.85. The summed E-state index contributed by atoms with van der Waals surface area (Å²) in [7, 11) is 0. The van der Waals surface area contributed by atoms with E-state index in [2.05, 4.69) is 31.3 Å². The van der Waals surface area contributed by atoms with Crippen LogP contribution in [0.3, 0.4) is 0 Å². The predicted octanol–water partition coefficient (Wildman–Crippen LogP) is 4.98. The van der Waals surface area contributed by atoms with Crippen LogP contribution in [-0.2, 0) is 17.8 Å². The molecule has 0 spiro atoms. The number of fused-ring (bicyclic) bond motifs is 1. The number of thioether (sulfide) groups is 1. The van der Waals surface area contributed by atoms with E-state index in [0.717, 1.165) is 35.5 Å². The zero-order valence-corrected chi connectivity index (χ0v) is 18.9. The van der Waals surface area contributed by atoms with Crippen molar-refractivity contribution >= 4 is 22.7 Å². The highest BCUT2D eigenvalue weighted by atomic mass is 32.2. The maximum absolute atomic E-state index is 14.0. The van der Waals surface area contributed by atoms with Gasteiger partial charge in [0.2, 0.25) is 0 Å². The van der Waals surface area contributed by atoms with E-state index < -0.39 is 0 Å². The van der Waals surface area contributed by atoms with Crippen LogP contribution >= 0.6 is 11.8 Å². The lowest BCUT2D eigenvalue weighted by atomic mass is 9.94. The number of nitrogens with zero attached hydrogens (tertiary/aromatic N) is 1. The van der Waals surface area contributed by atoms with Gasteiger partial charge in [-0.3, -0.25) is 4.79 Å². The second-order valence-corrected chi connectivity index (χ2v) is 9.84. The molecule has 1 saturated heterocycles. The van der Waals surface area contributed by atoms with Crippen molar-refractivity contribution in [3.8, 4) is 0 Å². The van der Waals surface area contributed by atoms with Gasteiger partial charge in [0.1, 0.15) is 5.82 Å². The summed E-state index contributed by atoms with van der Waals surface area (Å²) in [5.41, 5.74) is 1.17. The number of rotatable bonds is 7. The lowest BCUT2D eigenvalue weighted by molar-refractivity contribution is -0.0630. The zero-order chi connectivity index (χ0) is 21.8. The van der Waals surface area contributed by atoms with Gasteiger partial charge in [-0.25, -0.2) is 4.39 Å². The van der Waals surface area contributed by atoms with E-state index in [1.807, 2.05) is 24.3 Å². The molecule has 2 heterocycles. The quantitative estimate of drug-likeness (QED) is 0.526. The monoisotopic (exact) mass is 440 g/mol. The number of ether oxygens (including phenoxy) is 1. The van der Waals surface area contributed by atoms with Crippen LogP contribution in [0.2, 0.25) is 0 Å². The van der Waals surface area contributed by atoms with Crippen LogP contribution in [0, 0.1) is 5.82 Å². The Kier molecular flexibility index (Phi) is 6.80. The van der Waals surface area contributed by atoms with E-state index in [0.29, 0.717) is 30.2 Å². The average molecular weight is 441 g/mol. The molecule has 1 fully saturated rings. The number of hydrogen-bond donors (Lipinski definition) is 1. The van der Waals surface area contributed by atoms with Crippen LogP contribution in [0.5, 0.6) is 0 Å².